The molecule has 0 saturated carbocycles. The van der Waals surface area contributed by atoms with E-state index in [1.54, 1.807) is 0 Å². The Morgan fingerprint density at radius 3 is 1.52 bits per heavy atom. The number of hydrogen-bond donors (Lipinski definition) is 1. The van der Waals surface area contributed by atoms with E-state index < -0.39 is 0 Å². The zero-order valence-electron chi connectivity index (χ0n) is 17.7. The van der Waals surface area contributed by atoms with Gasteiger partial charge in [0, 0.05) is 12.5 Å². The predicted octanol–water partition coefficient (Wildman–Crippen LogP) is 7.55. The number of rotatable bonds is 19. The number of nitrogens with one attached hydrogen (secondary N) is 1. The highest BCUT2D eigenvalue weighted by Gasteiger charge is 2.06. The van der Waals surface area contributed by atoms with E-state index >= 15 is 0 Å². The quantitative estimate of drug-likeness (QED) is 0.239. The first-order valence-electron chi connectivity index (χ1n) is 11.5. The lowest BCUT2D eigenvalue weighted by Gasteiger charge is -2.13. The van der Waals surface area contributed by atoms with Gasteiger partial charge in [0.15, 0.2) is 0 Å². The number of carbonyl (C=O) groups is 1. The van der Waals surface area contributed by atoms with Crippen LogP contribution >= 0.6 is 0 Å². The van der Waals surface area contributed by atoms with Crippen molar-refractivity contribution in [1.82, 2.24) is 5.32 Å². The molecule has 1 atom stereocenters. The van der Waals surface area contributed by atoms with E-state index in [0.717, 1.165) is 19.3 Å². The third-order valence-corrected chi connectivity index (χ3v) is 5.16. The normalized spacial score (nSPS) is 12.3. The summed E-state index contributed by atoms with van der Waals surface area (Å²) in [6.45, 7) is 6.64. The molecular weight excluding hydrogens is 306 g/mol. The van der Waals surface area contributed by atoms with Crippen molar-refractivity contribution < 1.29 is 4.79 Å². The first kappa shape index (κ1) is 24.5. The molecule has 0 aliphatic rings. The Bertz CT molecular complexity index is 277. The zero-order chi connectivity index (χ0) is 18.6. The van der Waals surface area contributed by atoms with Gasteiger partial charge >= 0.3 is 0 Å². The highest BCUT2D eigenvalue weighted by atomic mass is 16.1. The summed E-state index contributed by atoms with van der Waals surface area (Å²) in [7, 11) is 0. The Morgan fingerprint density at radius 1 is 0.640 bits per heavy atom. The molecule has 25 heavy (non-hydrogen) atoms. The predicted molar refractivity (Wildman–Crippen MR) is 112 cm³/mol. The van der Waals surface area contributed by atoms with E-state index in [-0.39, 0.29) is 5.91 Å². The van der Waals surface area contributed by atoms with Gasteiger partial charge in [-0.15, -0.1) is 0 Å². The van der Waals surface area contributed by atoms with Crippen molar-refractivity contribution in [3.63, 3.8) is 0 Å². The van der Waals surface area contributed by atoms with Gasteiger partial charge in [0.05, 0.1) is 0 Å². The van der Waals surface area contributed by atoms with E-state index in [0.29, 0.717) is 6.04 Å². The minimum Gasteiger partial charge on any atom is -0.354 e. The smallest absolute Gasteiger partial charge is 0.220 e. The molecule has 1 N–H and O–H groups in total. The fourth-order valence-corrected chi connectivity index (χ4v) is 3.42. The highest BCUT2D eigenvalue weighted by molar-refractivity contribution is 5.76. The Labute approximate surface area is 158 Å². The van der Waals surface area contributed by atoms with Gasteiger partial charge < -0.3 is 5.32 Å². The van der Waals surface area contributed by atoms with Crippen LogP contribution in [-0.4, -0.2) is 11.9 Å². The van der Waals surface area contributed by atoms with Crippen LogP contribution in [0.1, 0.15) is 136 Å². The van der Waals surface area contributed by atoms with Gasteiger partial charge in [-0.3, -0.25) is 4.79 Å². The zero-order valence-corrected chi connectivity index (χ0v) is 17.7. The summed E-state index contributed by atoms with van der Waals surface area (Å²) in [5.74, 6) is 0.257. The maximum Gasteiger partial charge on any atom is 0.220 e. The lowest BCUT2D eigenvalue weighted by Crippen LogP contribution is -2.32. The molecule has 2 heteroatoms. The monoisotopic (exact) mass is 353 g/mol. The second-order valence-corrected chi connectivity index (χ2v) is 7.96. The lowest BCUT2D eigenvalue weighted by molar-refractivity contribution is -0.121. The minimum absolute atomic E-state index is 0.257. The van der Waals surface area contributed by atoms with Crippen molar-refractivity contribution >= 4 is 5.91 Å². The van der Waals surface area contributed by atoms with Gasteiger partial charge in [0.1, 0.15) is 0 Å². The average Bonchev–Trinajstić information content (AvgIpc) is 2.59. The van der Waals surface area contributed by atoms with Crippen molar-refractivity contribution in [2.75, 3.05) is 0 Å². The van der Waals surface area contributed by atoms with Crippen molar-refractivity contribution in [3.05, 3.63) is 0 Å². The van der Waals surface area contributed by atoms with Crippen LogP contribution in [-0.2, 0) is 4.79 Å². The summed E-state index contributed by atoms with van der Waals surface area (Å²) in [6, 6.07) is 0.348. The van der Waals surface area contributed by atoms with Crippen LogP contribution in [0.2, 0.25) is 0 Å². The molecule has 0 aromatic carbocycles. The van der Waals surface area contributed by atoms with Gasteiger partial charge in [0.25, 0.3) is 0 Å². The van der Waals surface area contributed by atoms with Crippen LogP contribution < -0.4 is 5.32 Å². The van der Waals surface area contributed by atoms with Crippen LogP contribution in [0.4, 0.5) is 0 Å². The van der Waals surface area contributed by atoms with Crippen molar-refractivity contribution in [1.29, 1.82) is 0 Å². The van der Waals surface area contributed by atoms with Crippen molar-refractivity contribution in [3.8, 4) is 0 Å². The van der Waals surface area contributed by atoms with Crippen LogP contribution in [0.5, 0.6) is 0 Å². The molecule has 0 aliphatic heterocycles. The molecule has 0 aromatic rings. The first-order chi connectivity index (χ1) is 12.2. The first-order valence-corrected chi connectivity index (χ1v) is 11.5. The van der Waals surface area contributed by atoms with Crippen LogP contribution in [0.15, 0.2) is 0 Å². The number of carbonyl (C=O) groups excluding carboxylic acids is 1. The van der Waals surface area contributed by atoms with Gasteiger partial charge in [-0.25, -0.2) is 0 Å². The Kier molecular flexibility index (Phi) is 19.4. The maximum absolute atomic E-state index is 11.9. The van der Waals surface area contributed by atoms with Crippen molar-refractivity contribution in [2.24, 2.45) is 0 Å². The third-order valence-electron chi connectivity index (χ3n) is 5.16. The van der Waals surface area contributed by atoms with Crippen molar-refractivity contribution in [2.45, 2.75) is 142 Å². The summed E-state index contributed by atoms with van der Waals surface area (Å²) in [6.07, 6.45) is 23.2. The SMILES string of the molecule is CCCCCCCCCCCCCCCC(=O)NC(C)CCCCC. The largest absolute Gasteiger partial charge is 0.354 e. The molecule has 0 spiro atoms. The van der Waals surface area contributed by atoms with E-state index in [1.165, 1.54) is 96.3 Å². The topological polar surface area (TPSA) is 29.1 Å². The second kappa shape index (κ2) is 19.8. The summed E-state index contributed by atoms with van der Waals surface area (Å²) >= 11 is 0. The molecule has 0 saturated heterocycles. The molecular formula is C23H47NO. The fraction of sp³-hybridized carbons (Fsp3) is 0.957. The molecule has 0 aromatic heterocycles. The standard InChI is InChI=1S/C23H47NO/c1-4-6-8-9-10-11-12-13-14-15-16-17-19-21-23(25)24-22(3)20-18-7-5-2/h22H,4-21H2,1-3H3,(H,24,25). The molecule has 0 radical (unpaired) electrons. The molecule has 1 amide bonds. The Hall–Kier alpha value is -0.530. The number of amides is 1. The summed E-state index contributed by atoms with van der Waals surface area (Å²) in [5, 5.41) is 3.14. The summed E-state index contributed by atoms with van der Waals surface area (Å²) in [5.41, 5.74) is 0. The summed E-state index contributed by atoms with van der Waals surface area (Å²) in [4.78, 5) is 11.9. The van der Waals surface area contributed by atoms with Gasteiger partial charge in [-0.05, 0) is 19.8 Å². The molecule has 1 unspecified atom stereocenters. The maximum atomic E-state index is 11.9. The molecule has 150 valence electrons. The second-order valence-electron chi connectivity index (χ2n) is 7.96. The molecule has 2 nitrogen and oxygen atoms in total. The van der Waals surface area contributed by atoms with Gasteiger partial charge in [0.2, 0.25) is 5.91 Å². The van der Waals surface area contributed by atoms with Crippen LogP contribution in [0.3, 0.4) is 0 Å². The van der Waals surface area contributed by atoms with Crippen LogP contribution in [0, 0.1) is 0 Å². The van der Waals surface area contributed by atoms with E-state index in [1.807, 2.05) is 0 Å². The van der Waals surface area contributed by atoms with Gasteiger partial charge in [-0.2, -0.15) is 0 Å². The van der Waals surface area contributed by atoms with E-state index in [2.05, 4.69) is 26.1 Å². The van der Waals surface area contributed by atoms with Crippen LogP contribution in [0.25, 0.3) is 0 Å². The number of hydrogen-bond acceptors (Lipinski definition) is 1. The minimum atomic E-state index is 0.257. The lowest BCUT2D eigenvalue weighted by atomic mass is 10.0. The third kappa shape index (κ3) is 19.6. The molecule has 0 bridgehead atoms. The molecule has 0 fully saturated rings. The fourth-order valence-electron chi connectivity index (χ4n) is 3.42. The molecule has 0 rings (SSSR count). The van der Waals surface area contributed by atoms with E-state index in [9.17, 15) is 4.79 Å². The van der Waals surface area contributed by atoms with E-state index in [4.69, 9.17) is 0 Å². The Morgan fingerprint density at radius 2 is 1.04 bits per heavy atom. The Balaban J connectivity index is 3.23. The highest BCUT2D eigenvalue weighted by Crippen LogP contribution is 2.13. The average molecular weight is 354 g/mol. The number of unbranched alkanes of at least 4 members (excludes halogenated alkanes) is 14. The molecule has 0 heterocycles. The summed E-state index contributed by atoms with van der Waals surface area (Å²) < 4.78 is 0. The van der Waals surface area contributed by atoms with Gasteiger partial charge in [-0.1, -0.05) is 110 Å². The molecule has 0 aliphatic carbocycles.